The lowest BCUT2D eigenvalue weighted by Gasteiger charge is -2.13. The molecule has 1 rings (SSSR count). The molecular formula is C12H18N2O2. The van der Waals surface area contributed by atoms with Crippen molar-refractivity contribution in [2.45, 2.75) is 19.4 Å². The number of likely N-dealkylation sites (N-methyl/N-ethyl adjacent to an activating group) is 1. The van der Waals surface area contributed by atoms with Gasteiger partial charge in [-0.1, -0.05) is 6.92 Å². The number of nitrogens with one attached hydrogen (secondary N) is 1. The number of hydrogen-bond donors (Lipinski definition) is 2. The van der Waals surface area contributed by atoms with Crippen LogP contribution in [-0.2, 0) is 0 Å². The first-order valence-electron chi connectivity index (χ1n) is 5.29. The molecule has 0 spiro atoms. The Hall–Kier alpha value is -1.55. The van der Waals surface area contributed by atoms with Crippen LogP contribution in [0.3, 0.4) is 0 Å². The molecule has 0 aliphatic heterocycles. The highest BCUT2D eigenvalue weighted by molar-refractivity contribution is 6.01. The van der Waals surface area contributed by atoms with Crippen molar-refractivity contribution in [1.29, 1.82) is 0 Å². The van der Waals surface area contributed by atoms with Crippen molar-refractivity contribution < 1.29 is 9.53 Å². The fraction of sp³-hybridized carbons (Fsp3) is 0.417. The van der Waals surface area contributed by atoms with Gasteiger partial charge < -0.3 is 15.8 Å². The van der Waals surface area contributed by atoms with E-state index in [1.165, 1.54) is 0 Å². The molecule has 0 saturated heterocycles. The van der Waals surface area contributed by atoms with Gasteiger partial charge in [0.25, 0.3) is 0 Å². The van der Waals surface area contributed by atoms with Gasteiger partial charge in [0.1, 0.15) is 5.75 Å². The van der Waals surface area contributed by atoms with Gasteiger partial charge in [0.05, 0.1) is 18.8 Å². The molecule has 16 heavy (non-hydrogen) atoms. The number of nitrogen functional groups attached to an aromatic ring is 1. The second kappa shape index (κ2) is 5.51. The minimum absolute atomic E-state index is 0.0550. The van der Waals surface area contributed by atoms with Crippen molar-refractivity contribution in [2.24, 2.45) is 0 Å². The summed E-state index contributed by atoms with van der Waals surface area (Å²) in [6.45, 7) is 1.96. The zero-order chi connectivity index (χ0) is 12.1. The predicted molar refractivity (Wildman–Crippen MR) is 64.9 cm³/mol. The van der Waals surface area contributed by atoms with Gasteiger partial charge >= 0.3 is 0 Å². The average Bonchev–Trinajstić information content (AvgIpc) is 2.30. The third-order valence-corrected chi connectivity index (χ3v) is 2.59. The molecule has 1 aromatic carbocycles. The van der Waals surface area contributed by atoms with E-state index < -0.39 is 0 Å². The van der Waals surface area contributed by atoms with Gasteiger partial charge in [0.2, 0.25) is 0 Å². The lowest BCUT2D eigenvalue weighted by Crippen LogP contribution is -2.33. The number of anilines is 1. The van der Waals surface area contributed by atoms with Crippen molar-refractivity contribution >= 4 is 11.5 Å². The highest BCUT2D eigenvalue weighted by Crippen LogP contribution is 2.22. The van der Waals surface area contributed by atoms with Crippen LogP contribution in [0.15, 0.2) is 18.2 Å². The van der Waals surface area contributed by atoms with Gasteiger partial charge in [-0.15, -0.1) is 0 Å². The standard InChI is InChI=1S/C12H18N2O2/c1-4-10(14-2)12(15)8-5-6-11(16-3)9(13)7-8/h5-7,10,14H,4,13H2,1-3H3. The van der Waals surface area contributed by atoms with Gasteiger partial charge in [-0.05, 0) is 31.7 Å². The first-order valence-corrected chi connectivity index (χ1v) is 5.29. The van der Waals surface area contributed by atoms with Crippen molar-refractivity contribution in [3.8, 4) is 5.75 Å². The van der Waals surface area contributed by atoms with Gasteiger partial charge in [0, 0.05) is 5.56 Å². The molecule has 0 saturated carbocycles. The molecule has 0 bridgehead atoms. The fourth-order valence-corrected chi connectivity index (χ4v) is 1.61. The number of carbonyl (C=O) groups is 1. The van der Waals surface area contributed by atoms with Crippen LogP contribution in [0, 0.1) is 0 Å². The van der Waals surface area contributed by atoms with E-state index in [-0.39, 0.29) is 11.8 Å². The second-order valence-electron chi connectivity index (χ2n) is 3.57. The van der Waals surface area contributed by atoms with Crippen LogP contribution in [0.2, 0.25) is 0 Å². The molecule has 1 atom stereocenters. The van der Waals surface area contributed by atoms with Crippen LogP contribution < -0.4 is 15.8 Å². The van der Waals surface area contributed by atoms with E-state index in [0.717, 1.165) is 6.42 Å². The molecule has 3 N–H and O–H groups in total. The zero-order valence-electron chi connectivity index (χ0n) is 9.91. The minimum atomic E-state index is -0.159. The van der Waals surface area contributed by atoms with Gasteiger partial charge in [-0.3, -0.25) is 4.79 Å². The van der Waals surface area contributed by atoms with Crippen LogP contribution in [-0.4, -0.2) is 26.0 Å². The highest BCUT2D eigenvalue weighted by Gasteiger charge is 2.16. The Balaban J connectivity index is 2.96. The number of Topliss-reactive ketones (excluding diaryl/α,β-unsaturated/α-hetero) is 1. The molecule has 4 heteroatoms. The van der Waals surface area contributed by atoms with Crippen LogP contribution in [0.5, 0.6) is 5.75 Å². The number of hydrogen-bond acceptors (Lipinski definition) is 4. The van der Waals surface area contributed by atoms with E-state index in [9.17, 15) is 4.79 Å². The number of methoxy groups -OCH3 is 1. The Kier molecular flexibility index (Phi) is 4.31. The Bertz CT molecular complexity index is 373. The van der Waals surface area contributed by atoms with Crippen molar-refractivity contribution in [2.75, 3.05) is 19.9 Å². The smallest absolute Gasteiger partial charge is 0.179 e. The quantitative estimate of drug-likeness (QED) is 0.584. The van der Waals surface area contributed by atoms with Crippen molar-refractivity contribution in [3.63, 3.8) is 0 Å². The maximum Gasteiger partial charge on any atom is 0.179 e. The molecular weight excluding hydrogens is 204 g/mol. The third kappa shape index (κ3) is 2.52. The predicted octanol–water partition coefficient (Wildman–Crippen LogP) is 1.46. The van der Waals surface area contributed by atoms with Crippen LogP contribution in [0.4, 0.5) is 5.69 Å². The summed E-state index contributed by atoms with van der Waals surface area (Å²) in [6.07, 6.45) is 0.751. The number of ketones is 1. The number of ether oxygens (including phenoxy) is 1. The van der Waals surface area contributed by atoms with E-state index in [0.29, 0.717) is 17.0 Å². The monoisotopic (exact) mass is 222 g/mol. The van der Waals surface area contributed by atoms with E-state index in [2.05, 4.69) is 5.32 Å². The lowest BCUT2D eigenvalue weighted by molar-refractivity contribution is 0.0945. The third-order valence-electron chi connectivity index (χ3n) is 2.59. The first kappa shape index (κ1) is 12.5. The van der Waals surface area contributed by atoms with E-state index in [1.54, 1.807) is 32.4 Å². The Labute approximate surface area is 95.8 Å². The normalized spacial score (nSPS) is 12.2. The van der Waals surface area contributed by atoms with Gasteiger partial charge in [-0.2, -0.15) is 0 Å². The van der Waals surface area contributed by atoms with Gasteiger partial charge in [-0.25, -0.2) is 0 Å². The Morgan fingerprint density at radius 3 is 2.69 bits per heavy atom. The molecule has 1 unspecified atom stereocenters. The Morgan fingerprint density at radius 1 is 1.56 bits per heavy atom. The average molecular weight is 222 g/mol. The van der Waals surface area contributed by atoms with Crippen LogP contribution in [0.1, 0.15) is 23.7 Å². The summed E-state index contributed by atoms with van der Waals surface area (Å²) < 4.78 is 5.04. The summed E-state index contributed by atoms with van der Waals surface area (Å²) in [6, 6.07) is 4.94. The second-order valence-corrected chi connectivity index (χ2v) is 3.57. The molecule has 0 aliphatic carbocycles. The summed E-state index contributed by atoms with van der Waals surface area (Å²) in [5, 5.41) is 2.98. The number of rotatable bonds is 5. The fourth-order valence-electron chi connectivity index (χ4n) is 1.61. The number of carbonyl (C=O) groups excluding carboxylic acids is 1. The molecule has 4 nitrogen and oxygen atoms in total. The van der Waals surface area contributed by atoms with E-state index >= 15 is 0 Å². The summed E-state index contributed by atoms with van der Waals surface area (Å²) in [7, 11) is 3.33. The Morgan fingerprint density at radius 2 is 2.25 bits per heavy atom. The summed E-state index contributed by atoms with van der Waals surface area (Å²) in [5.41, 5.74) is 6.85. The van der Waals surface area contributed by atoms with Crippen molar-refractivity contribution in [1.82, 2.24) is 5.32 Å². The molecule has 0 radical (unpaired) electrons. The highest BCUT2D eigenvalue weighted by atomic mass is 16.5. The number of benzene rings is 1. The maximum absolute atomic E-state index is 12.0. The zero-order valence-corrected chi connectivity index (χ0v) is 9.91. The summed E-state index contributed by atoms with van der Waals surface area (Å²) >= 11 is 0. The lowest BCUT2D eigenvalue weighted by atomic mass is 10.0. The molecule has 0 aliphatic rings. The largest absolute Gasteiger partial charge is 0.495 e. The van der Waals surface area contributed by atoms with Gasteiger partial charge in [0.15, 0.2) is 5.78 Å². The van der Waals surface area contributed by atoms with E-state index in [1.807, 2.05) is 6.92 Å². The topological polar surface area (TPSA) is 64.3 Å². The molecule has 1 aromatic rings. The summed E-state index contributed by atoms with van der Waals surface area (Å²) in [4.78, 5) is 12.0. The first-order chi connectivity index (χ1) is 7.63. The summed E-state index contributed by atoms with van der Waals surface area (Å²) in [5.74, 6) is 0.647. The molecule has 0 heterocycles. The SMILES string of the molecule is CCC(NC)C(=O)c1ccc(OC)c(N)c1. The molecule has 0 fully saturated rings. The minimum Gasteiger partial charge on any atom is -0.495 e. The van der Waals surface area contributed by atoms with E-state index in [4.69, 9.17) is 10.5 Å². The molecule has 88 valence electrons. The molecule has 0 aromatic heterocycles. The molecule has 0 amide bonds. The van der Waals surface area contributed by atoms with Crippen LogP contribution in [0.25, 0.3) is 0 Å². The number of nitrogens with two attached hydrogens (primary N) is 1. The maximum atomic E-state index is 12.0. The van der Waals surface area contributed by atoms with Crippen LogP contribution >= 0.6 is 0 Å². The van der Waals surface area contributed by atoms with Crippen molar-refractivity contribution in [3.05, 3.63) is 23.8 Å².